The summed E-state index contributed by atoms with van der Waals surface area (Å²) in [5.41, 5.74) is 6.35. The van der Waals surface area contributed by atoms with Gasteiger partial charge in [0.2, 0.25) is 5.91 Å². The molecule has 0 saturated carbocycles. The lowest BCUT2D eigenvalue weighted by Gasteiger charge is -2.18. The quantitative estimate of drug-likeness (QED) is 0.508. The fourth-order valence-corrected chi connectivity index (χ4v) is 2.63. The monoisotopic (exact) mass is 336 g/mol. The number of nitrogens with zero attached hydrogens (tertiary/aromatic N) is 1. The Morgan fingerprint density at radius 3 is 2.75 bits per heavy atom. The summed E-state index contributed by atoms with van der Waals surface area (Å²) < 4.78 is 18.5. The van der Waals surface area contributed by atoms with E-state index in [-0.39, 0.29) is 11.9 Å². The molecule has 1 heterocycles. The van der Waals surface area contributed by atoms with Gasteiger partial charge in [0.1, 0.15) is 5.82 Å². The Balaban J connectivity index is 1.82. The maximum atomic E-state index is 13.0. The van der Waals surface area contributed by atoms with Gasteiger partial charge >= 0.3 is 0 Å². The number of carbonyl (C=O) groups is 1. The van der Waals surface area contributed by atoms with Crippen LogP contribution in [-0.4, -0.2) is 44.7 Å². The number of amides is 1. The molecule has 132 valence electrons. The van der Waals surface area contributed by atoms with Crippen LogP contribution < -0.4 is 16.4 Å². The van der Waals surface area contributed by atoms with Gasteiger partial charge in [-0.3, -0.25) is 9.79 Å². The molecule has 1 amide bonds. The van der Waals surface area contributed by atoms with Crippen molar-refractivity contribution in [3.05, 3.63) is 35.6 Å². The minimum atomic E-state index is -0.406. The highest BCUT2D eigenvalue weighted by Gasteiger charge is 2.18. The van der Waals surface area contributed by atoms with Crippen molar-refractivity contribution in [3.8, 4) is 0 Å². The van der Waals surface area contributed by atoms with Gasteiger partial charge in [0.05, 0.1) is 12.0 Å². The van der Waals surface area contributed by atoms with E-state index in [0.717, 1.165) is 25.0 Å². The molecule has 1 aromatic carbocycles. The van der Waals surface area contributed by atoms with Crippen LogP contribution in [0.2, 0.25) is 0 Å². The van der Waals surface area contributed by atoms with E-state index in [1.54, 1.807) is 19.2 Å². The van der Waals surface area contributed by atoms with Gasteiger partial charge in [0.15, 0.2) is 5.96 Å². The largest absolute Gasteiger partial charge is 0.376 e. The number of carbonyl (C=O) groups excluding carboxylic acids is 1. The van der Waals surface area contributed by atoms with E-state index in [0.29, 0.717) is 25.5 Å². The molecule has 7 heteroatoms. The van der Waals surface area contributed by atoms with Crippen molar-refractivity contribution in [2.75, 3.05) is 26.7 Å². The van der Waals surface area contributed by atoms with Crippen LogP contribution in [-0.2, 0) is 16.0 Å². The first-order chi connectivity index (χ1) is 11.6. The summed E-state index contributed by atoms with van der Waals surface area (Å²) in [7, 11) is 1.67. The van der Waals surface area contributed by atoms with Crippen LogP contribution in [0.5, 0.6) is 0 Å². The number of nitrogens with one attached hydrogen (secondary N) is 2. The third-order valence-corrected chi connectivity index (χ3v) is 4.06. The molecule has 4 N–H and O–H groups in total. The Bertz CT molecular complexity index is 556. The summed E-state index contributed by atoms with van der Waals surface area (Å²) in [6, 6.07) is 6.08. The van der Waals surface area contributed by atoms with Crippen LogP contribution in [0, 0.1) is 11.7 Å². The lowest BCUT2D eigenvalue weighted by Crippen LogP contribution is -2.45. The number of hydrogen-bond donors (Lipinski definition) is 3. The van der Waals surface area contributed by atoms with Gasteiger partial charge in [0, 0.05) is 26.7 Å². The summed E-state index contributed by atoms with van der Waals surface area (Å²) in [6.45, 7) is 1.84. The van der Waals surface area contributed by atoms with E-state index in [9.17, 15) is 9.18 Å². The molecule has 0 radical (unpaired) electrons. The van der Waals surface area contributed by atoms with Crippen molar-refractivity contribution in [1.29, 1.82) is 0 Å². The van der Waals surface area contributed by atoms with Crippen molar-refractivity contribution < 1.29 is 13.9 Å². The number of ether oxygens (including phenoxy) is 1. The van der Waals surface area contributed by atoms with E-state index in [4.69, 9.17) is 10.5 Å². The zero-order valence-electron chi connectivity index (χ0n) is 13.9. The highest BCUT2D eigenvalue weighted by molar-refractivity contribution is 5.81. The second kappa shape index (κ2) is 9.22. The Morgan fingerprint density at radius 1 is 1.42 bits per heavy atom. The maximum Gasteiger partial charge on any atom is 0.222 e. The first-order valence-electron chi connectivity index (χ1n) is 8.18. The van der Waals surface area contributed by atoms with E-state index < -0.39 is 11.8 Å². The van der Waals surface area contributed by atoms with Crippen molar-refractivity contribution in [1.82, 2.24) is 10.6 Å². The fraction of sp³-hybridized carbons (Fsp3) is 0.529. The second-order valence-corrected chi connectivity index (χ2v) is 5.90. The molecule has 2 atom stereocenters. The van der Waals surface area contributed by atoms with Gasteiger partial charge in [-0.2, -0.15) is 0 Å². The molecule has 1 aliphatic heterocycles. The first kappa shape index (κ1) is 18.2. The summed E-state index contributed by atoms with van der Waals surface area (Å²) in [6.07, 6.45) is 2.78. The standard InChI is InChI=1S/C17H25FN4O2/c1-20-17(22-11-15-3-2-8-24-15)21-10-13(16(19)23)9-12-4-6-14(18)7-5-12/h4-7,13,15H,2-3,8-11H2,1H3,(H2,19,23)(H2,20,21,22). The number of aliphatic imine (C=N–C) groups is 1. The zero-order chi connectivity index (χ0) is 17.4. The van der Waals surface area contributed by atoms with Crippen molar-refractivity contribution in [2.45, 2.75) is 25.4 Å². The predicted octanol–water partition coefficient (Wildman–Crippen LogP) is 0.814. The number of guanidine groups is 1. The number of rotatable bonds is 7. The van der Waals surface area contributed by atoms with Crippen LogP contribution in [0.1, 0.15) is 18.4 Å². The maximum absolute atomic E-state index is 13.0. The van der Waals surface area contributed by atoms with Crippen LogP contribution >= 0.6 is 0 Å². The minimum Gasteiger partial charge on any atom is -0.376 e. The normalized spacial score (nSPS) is 19.1. The van der Waals surface area contributed by atoms with E-state index >= 15 is 0 Å². The molecule has 24 heavy (non-hydrogen) atoms. The average molecular weight is 336 g/mol. The van der Waals surface area contributed by atoms with Gasteiger partial charge < -0.3 is 21.1 Å². The lowest BCUT2D eigenvalue weighted by molar-refractivity contribution is -0.121. The zero-order valence-corrected chi connectivity index (χ0v) is 13.9. The second-order valence-electron chi connectivity index (χ2n) is 5.90. The van der Waals surface area contributed by atoms with Crippen LogP contribution in [0.3, 0.4) is 0 Å². The predicted molar refractivity (Wildman–Crippen MR) is 91.1 cm³/mol. The topological polar surface area (TPSA) is 88.7 Å². The molecule has 0 aliphatic carbocycles. The van der Waals surface area contributed by atoms with Crippen LogP contribution in [0.4, 0.5) is 4.39 Å². The number of benzene rings is 1. The molecule has 0 aromatic heterocycles. The molecule has 0 spiro atoms. The van der Waals surface area contributed by atoms with Gasteiger partial charge in [-0.1, -0.05) is 12.1 Å². The molecule has 1 fully saturated rings. The van der Waals surface area contributed by atoms with Crippen molar-refractivity contribution in [3.63, 3.8) is 0 Å². The molecule has 1 aliphatic rings. The number of halogens is 1. The third-order valence-electron chi connectivity index (χ3n) is 4.06. The smallest absolute Gasteiger partial charge is 0.222 e. The Morgan fingerprint density at radius 2 is 2.17 bits per heavy atom. The van der Waals surface area contributed by atoms with Gasteiger partial charge in [-0.15, -0.1) is 0 Å². The minimum absolute atomic E-state index is 0.203. The van der Waals surface area contributed by atoms with E-state index in [2.05, 4.69) is 15.6 Å². The van der Waals surface area contributed by atoms with Crippen molar-refractivity contribution in [2.24, 2.45) is 16.6 Å². The molecular formula is C17H25FN4O2. The van der Waals surface area contributed by atoms with Crippen molar-refractivity contribution >= 4 is 11.9 Å². The summed E-state index contributed by atoms with van der Waals surface area (Å²) in [5, 5.41) is 6.30. The number of nitrogens with two attached hydrogens (primary N) is 1. The molecular weight excluding hydrogens is 311 g/mol. The average Bonchev–Trinajstić information content (AvgIpc) is 3.09. The summed E-state index contributed by atoms with van der Waals surface area (Å²) in [4.78, 5) is 15.8. The highest BCUT2D eigenvalue weighted by Crippen LogP contribution is 2.11. The molecule has 1 aromatic rings. The molecule has 6 nitrogen and oxygen atoms in total. The van der Waals surface area contributed by atoms with Gasteiger partial charge in [-0.25, -0.2) is 4.39 Å². The number of hydrogen-bond acceptors (Lipinski definition) is 3. The summed E-state index contributed by atoms with van der Waals surface area (Å²) >= 11 is 0. The third kappa shape index (κ3) is 5.81. The summed E-state index contributed by atoms with van der Waals surface area (Å²) in [5.74, 6) is -0.500. The lowest BCUT2D eigenvalue weighted by atomic mass is 9.98. The van der Waals surface area contributed by atoms with E-state index in [1.807, 2.05) is 0 Å². The van der Waals surface area contributed by atoms with Gasteiger partial charge in [0.25, 0.3) is 0 Å². The molecule has 2 rings (SSSR count). The van der Waals surface area contributed by atoms with Crippen LogP contribution in [0.25, 0.3) is 0 Å². The highest BCUT2D eigenvalue weighted by atomic mass is 19.1. The molecule has 2 unspecified atom stereocenters. The Kier molecular flexibility index (Phi) is 6.99. The number of primary amides is 1. The first-order valence-corrected chi connectivity index (χ1v) is 8.18. The van der Waals surface area contributed by atoms with Gasteiger partial charge in [-0.05, 0) is 37.0 Å². The Hall–Kier alpha value is -2.15. The molecule has 0 bridgehead atoms. The fourth-order valence-electron chi connectivity index (χ4n) is 2.63. The van der Waals surface area contributed by atoms with Crippen LogP contribution in [0.15, 0.2) is 29.3 Å². The van der Waals surface area contributed by atoms with E-state index in [1.165, 1.54) is 12.1 Å². The SMILES string of the molecule is CN=C(NCC1CCCO1)NCC(Cc1ccc(F)cc1)C(N)=O. The molecule has 1 saturated heterocycles. The Labute approximate surface area is 141 Å².